The number of nitrogens with zero attached hydrogens (tertiary/aromatic N) is 2. The Morgan fingerprint density at radius 2 is 2.10 bits per heavy atom. The third kappa shape index (κ3) is 3.04. The molecule has 0 bridgehead atoms. The fraction of sp³-hybridized carbons (Fsp3) is 0.500. The summed E-state index contributed by atoms with van der Waals surface area (Å²) < 4.78 is 22.5. The highest BCUT2D eigenvalue weighted by atomic mass is 19.1. The van der Waals surface area contributed by atoms with Crippen molar-refractivity contribution in [3.8, 4) is 11.8 Å². The van der Waals surface area contributed by atoms with Gasteiger partial charge in [0.25, 0.3) is 0 Å². The summed E-state index contributed by atoms with van der Waals surface area (Å²) in [5, 5.41) is 12.8. The van der Waals surface area contributed by atoms with Crippen LogP contribution in [-0.4, -0.2) is 29.6 Å². The Bertz CT molecular complexity index is 1090. The smallest absolute Gasteiger partial charge is 0.165 e. The predicted octanol–water partition coefficient (Wildman–Crippen LogP) is 4.33. The Kier molecular flexibility index (Phi) is 4.48. The van der Waals surface area contributed by atoms with Gasteiger partial charge in [0, 0.05) is 30.0 Å². The van der Waals surface area contributed by atoms with E-state index in [0.717, 1.165) is 54.6 Å². The standard InChI is InChI=1S/C24H26FN3O2/c1-24(2)10-21-23(22(29)11-24)16-4-3-5-20(16)28(21)15-8-18(25)17(12-26)19(9-15)27-14-6-7-30-13-14/h8-9,14,27H,3-7,10-11,13H2,1-2H3/t14-/m0/s1. The molecule has 5 nitrogen and oxygen atoms in total. The van der Waals surface area contributed by atoms with Crippen molar-refractivity contribution in [3.63, 3.8) is 0 Å². The maximum atomic E-state index is 15.0. The lowest BCUT2D eigenvalue weighted by molar-refractivity contribution is 0.0910. The molecule has 2 aliphatic carbocycles. The summed E-state index contributed by atoms with van der Waals surface area (Å²) in [6, 6.07) is 5.38. The molecule has 156 valence electrons. The van der Waals surface area contributed by atoms with Gasteiger partial charge in [-0.2, -0.15) is 5.26 Å². The number of Topliss-reactive ketones (excluding diaryl/α,β-unsaturated/α-hetero) is 1. The van der Waals surface area contributed by atoms with Crippen molar-refractivity contribution in [2.24, 2.45) is 5.41 Å². The summed E-state index contributed by atoms with van der Waals surface area (Å²) in [5.41, 5.74) is 5.24. The van der Waals surface area contributed by atoms with Crippen molar-refractivity contribution in [2.75, 3.05) is 18.5 Å². The number of rotatable bonds is 3. The van der Waals surface area contributed by atoms with Crippen LogP contribution in [0.3, 0.4) is 0 Å². The van der Waals surface area contributed by atoms with Gasteiger partial charge in [-0.3, -0.25) is 4.79 Å². The molecule has 5 rings (SSSR count). The number of hydrogen-bond donors (Lipinski definition) is 1. The van der Waals surface area contributed by atoms with Gasteiger partial charge in [-0.25, -0.2) is 4.39 Å². The number of benzene rings is 1. The summed E-state index contributed by atoms with van der Waals surface area (Å²) in [4.78, 5) is 13.0. The second-order valence-electron chi connectivity index (χ2n) is 9.54. The SMILES string of the molecule is CC1(C)CC(=O)c2c3c(n(-c4cc(F)c(C#N)c(N[C@H]5CCOC5)c4)c2C1)CCC3. The van der Waals surface area contributed by atoms with Crippen molar-refractivity contribution in [2.45, 2.75) is 58.4 Å². The van der Waals surface area contributed by atoms with E-state index in [1.807, 2.05) is 12.1 Å². The number of halogens is 1. The normalized spacial score (nSPS) is 21.9. The first-order chi connectivity index (χ1) is 14.4. The van der Waals surface area contributed by atoms with E-state index in [1.165, 1.54) is 6.07 Å². The lowest BCUT2D eigenvalue weighted by Crippen LogP contribution is -2.28. The molecule has 1 saturated heterocycles. The molecule has 1 fully saturated rings. The van der Waals surface area contributed by atoms with Gasteiger partial charge in [-0.15, -0.1) is 0 Å². The molecule has 2 heterocycles. The molecule has 0 amide bonds. The zero-order valence-corrected chi connectivity index (χ0v) is 17.5. The van der Waals surface area contributed by atoms with Gasteiger partial charge in [-0.1, -0.05) is 13.8 Å². The lowest BCUT2D eigenvalue weighted by atomic mass is 9.75. The predicted molar refractivity (Wildman–Crippen MR) is 112 cm³/mol. The van der Waals surface area contributed by atoms with E-state index in [0.29, 0.717) is 31.0 Å². The minimum Gasteiger partial charge on any atom is -0.379 e. The van der Waals surface area contributed by atoms with Crippen LogP contribution in [0.5, 0.6) is 0 Å². The van der Waals surface area contributed by atoms with Crippen LogP contribution < -0.4 is 5.32 Å². The number of anilines is 1. The molecule has 1 N–H and O–H groups in total. The zero-order chi connectivity index (χ0) is 21.0. The first-order valence-corrected chi connectivity index (χ1v) is 10.7. The van der Waals surface area contributed by atoms with E-state index in [2.05, 4.69) is 23.7 Å². The Hall–Kier alpha value is -2.65. The van der Waals surface area contributed by atoms with Crippen LogP contribution >= 0.6 is 0 Å². The molecule has 0 unspecified atom stereocenters. The van der Waals surface area contributed by atoms with Gasteiger partial charge < -0.3 is 14.6 Å². The highest BCUT2D eigenvalue weighted by Crippen LogP contribution is 2.43. The number of nitrogens with one attached hydrogen (secondary N) is 1. The molecule has 1 aromatic carbocycles. The number of carbonyl (C=O) groups excluding carboxylic acids is 1. The van der Waals surface area contributed by atoms with E-state index in [9.17, 15) is 10.1 Å². The molecule has 0 saturated carbocycles. The average Bonchev–Trinajstić information content (AvgIpc) is 3.37. The summed E-state index contributed by atoms with van der Waals surface area (Å²) in [5.74, 6) is -0.333. The van der Waals surface area contributed by atoms with Crippen LogP contribution in [0.1, 0.15) is 66.0 Å². The highest BCUT2D eigenvalue weighted by Gasteiger charge is 2.39. The van der Waals surface area contributed by atoms with Crippen LogP contribution in [0, 0.1) is 22.6 Å². The van der Waals surface area contributed by atoms with Crippen LogP contribution in [0.25, 0.3) is 5.69 Å². The maximum absolute atomic E-state index is 15.0. The van der Waals surface area contributed by atoms with Crippen LogP contribution in [0.15, 0.2) is 12.1 Å². The van der Waals surface area contributed by atoms with Crippen LogP contribution in [-0.2, 0) is 24.0 Å². The second kappa shape index (κ2) is 6.95. The van der Waals surface area contributed by atoms with Gasteiger partial charge in [0.05, 0.1) is 24.0 Å². The number of carbonyl (C=O) groups is 1. The van der Waals surface area contributed by atoms with Gasteiger partial charge in [0.1, 0.15) is 17.4 Å². The molecule has 3 aliphatic rings. The Balaban J connectivity index is 1.68. The quantitative estimate of drug-likeness (QED) is 0.822. The van der Waals surface area contributed by atoms with Gasteiger partial charge >= 0.3 is 0 Å². The monoisotopic (exact) mass is 407 g/mol. The molecule has 1 aliphatic heterocycles. The summed E-state index contributed by atoms with van der Waals surface area (Å²) in [6.45, 7) is 5.44. The van der Waals surface area contributed by atoms with E-state index in [4.69, 9.17) is 4.74 Å². The number of ether oxygens (including phenoxy) is 1. The number of nitriles is 1. The molecule has 2 aromatic rings. The Labute approximate surface area is 175 Å². The van der Waals surface area contributed by atoms with Crippen molar-refractivity contribution >= 4 is 11.5 Å². The minimum absolute atomic E-state index is 0.0275. The first-order valence-electron chi connectivity index (χ1n) is 10.7. The fourth-order valence-corrected chi connectivity index (χ4v) is 5.36. The number of fused-ring (bicyclic) bond motifs is 3. The molecule has 0 spiro atoms. The molecule has 6 heteroatoms. The number of aromatic nitrogens is 1. The molecule has 30 heavy (non-hydrogen) atoms. The Morgan fingerprint density at radius 3 is 2.83 bits per heavy atom. The summed E-state index contributed by atoms with van der Waals surface area (Å²) in [6.07, 6.45) is 4.96. The van der Waals surface area contributed by atoms with Gasteiger partial charge in [-0.05, 0) is 55.2 Å². The first kappa shape index (κ1) is 19.3. The van der Waals surface area contributed by atoms with Gasteiger partial charge in [0.2, 0.25) is 0 Å². The lowest BCUT2D eigenvalue weighted by Gasteiger charge is -2.30. The van der Waals surface area contributed by atoms with E-state index in [1.54, 1.807) is 0 Å². The third-order valence-corrected chi connectivity index (χ3v) is 6.62. The van der Waals surface area contributed by atoms with Crippen molar-refractivity contribution < 1.29 is 13.9 Å². The number of hydrogen-bond acceptors (Lipinski definition) is 4. The van der Waals surface area contributed by atoms with Crippen LogP contribution in [0.2, 0.25) is 0 Å². The second-order valence-corrected chi connectivity index (χ2v) is 9.54. The topological polar surface area (TPSA) is 67.0 Å². The number of ketones is 1. The molecular weight excluding hydrogens is 381 g/mol. The zero-order valence-electron chi connectivity index (χ0n) is 17.5. The third-order valence-electron chi connectivity index (χ3n) is 6.62. The average molecular weight is 407 g/mol. The summed E-state index contributed by atoms with van der Waals surface area (Å²) in [7, 11) is 0. The van der Waals surface area contributed by atoms with Crippen LogP contribution in [0.4, 0.5) is 10.1 Å². The van der Waals surface area contributed by atoms with E-state index in [-0.39, 0.29) is 22.8 Å². The van der Waals surface area contributed by atoms with E-state index >= 15 is 4.39 Å². The van der Waals surface area contributed by atoms with Crippen molar-refractivity contribution in [3.05, 3.63) is 46.0 Å². The Morgan fingerprint density at radius 1 is 1.27 bits per heavy atom. The fourth-order valence-electron chi connectivity index (χ4n) is 5.36. The van der Waals surface area contributed by atoms with Crippen molar-refractivity contribution in [1.29, 1.82) is 5.26 Å². The molecule has 1 atom stereocenters. The molecular formula is C24H26FN3O2. The molecule has 1 aromatic heterocycles. The summed E-state index contributed by atoms with van der Waals surface area (Å²) >= 11 is 0. The van der Waals surface area contributed by atoms with Crippen molar-refractivity contribution in [1.82, 2.24) is 4.57 Å². The largest absolute Gasteiger partial charge is 0.379 e. The molecule has 0 radical (unpaired) electrons. The van der Waals surface area contributed by atoms with Gasteiger partial charge in [0.15, 0.2) is 5.78 Å². The maximum Gasteiger partial charge on any atom is 0.165 e. The van der Waals surface area contributed by atoms with E-state index < -0.39 is 5.82 Å². The highest BCUT2D eigenvalue weighted by molar-refractivity contribution is 6.01. The minimum atomic E-state index is -0.535.